The van der Waals surface area contributed by atoms with Crippen molar-refractivity contribution in [2.24, 2.45) is 0 Å². The number of halogens is 1. The Hall–Kier alpha value is -3.23. The first-order chi connectivity index (χ1) is 15.7. The molecule has 0 aliphatic carbocycles. The molecule has 0 saturated heterocycles. The third-order valence-electron chi connectivity index (χ3n) is 4.92. The number of benzene rings is 3. The normalized spacial score (nSPS) is 12.0. The van der Waals surface area contributed by atoms with Crippen molar-refractivity contribution in [3.63, 3.8) is 0 Å². The number of rotatable bonds is 9. The topological polar surface area (TPSA) is 93.7 Å². The fourth-order valence-electron chi connectivity index (χ4n) is 2.99. The molecule has 174 valence electrons. The lowest BCUT2D eigenvalue weighted by molar-refractivity contribution is -0.123. The van der Waals surface area contributed by atoms with Crippen LogP contribution < -0.4 is 19.5 Å². The highest BCUT2D eigenvalue weighted by molar-refractivity contribution is 7.92. The fraction of sp³-hybridized carbons (Fsp3) is 0.208. The standard InChI is InChI=1S/C24H25ClN2O5S/c1-16-4-7-19(14-23(16)25)27-33(29,30)22-12-10-21(11-13-22)32-15-24(28)26-17(2)18-5-8-20(31-3)9-6-18/h4-14,17,27H,15H2,1-3H3,(H,26,28)/t17-/m0/s1. The van der Waals surface area contributed by atoms with Gasteiger partial charge in [-0.25, -0.2) is 8.42 Å². The maximum atomic E-state index is 12.6. The van der Waals surface area contributed by atoms with Crippen LogP contribution in [-0.4, -0.2) is 28.0 Å². The van der Waals surface area contributed by atoms with Crippen molar-refractivity contribution in [1.82, 2.24) is 5.32 Å². The Morgan fingerprint density at radius 1 is 1.00 bits per heavy atom. The Kier molecular flexibility index (Phi) is 7.84. The zero-order chi connectivity index (χ0) is 24.0. The van der Waals surface area contributed by atoms with Crippen molar-refractivity contribution in [1.29, 1.82) is 0 Å². The van der Waals surface area contributed by atoms with Gasteiger partial charge in [-0.2, -0.15) is 0 Å². The first kappa shape index (κ1) is 24.4. The molecule has 7 nitrogen and oxygen atoms in total. The molecule has 0 saturated carbocycles. The van der Waals surface area contributed by atoms with Crippen molar-refractivity contribution in [2.75, 3.05) is 18.4 Å². The Balaban J connectivity index is 1.55. The van der Waals surface area contributed by atoms with E-state index in [0.29, 0.717) is 16.5 Å². The predicted octanol–water partition coefficient (Wildman–Crippen LogP) is 4.71. The molecule has 0 fully saturated rings. The van der Waals surface area contributed by atoms with E-state index in [1.807, 2.05) is 38.1 Å². The van der Waals surface area contributed by atoms with E-state index >= 15 is 0 Å². The fourth-order valence-corrected chi connectivity index (χ4v) is 4.22. The van der Waals surface area contributed by atoms with Gasteiger partial charge in [-0.05, 0) is 73.5 Å². The van der Waals surface area contributed by atoms with Gasteiger partial charge in [-0.15, -0.1) is 0 Å². The van der Waals surface area contributed by atoms with E-state index in [9.17, 15) is 13.2 Å². The van der Waals surface area contributed by atoms with Crippen molar-refractivity contribution in [2.45, 2.75) is 24.8 Å². The lowest BCUT2D eigenvalue weighted by atomic mass is 10.1. The second kappa shape index (κ2) is 10.6. The molecule has 0 bridgehead atoms. The van der Waals surface area contributed by atoms with Crippen molar-refractivity contribution >= 4 is 33.2 Å². The van der Waals surface area contributed by atoms with Gasteiger partial charge in [0.05, 0.1) is 23.7 Å². The largest absolute Gasteiger partial charge is 0.497 e. The predicted molar refractivity (Wildman–Crippen MR) is 128 cm³/mol. The zero-order valence-electron chi connectivity index (χ0n) is 18.5. The molecule has 0 aromatic heterocycles. The third kappa shape index (κ3) is 6.63. The van der Waals surface area contributed by atoms with Gasteiger partial charge in [0.2, 0.25) is 0 Å². The van der Waals surface area contributed by atoms with E-state index in [1.54, 1.807) is 25.3 Å². The molecule has 3 rings (SSSR count). The minimum atomic E-state index is -3.80. The number of amides is 1. The van der Waals surface area contributed by atoms with Crippen molar-refractivity contribution in [3.05, 3.63) is 82.9 Å². The van der Waals surface area contributed by atoms with Crippen LogP contribution in [0.5, 0.6) is 11.5 Å². The van der Waals surface area contributed by atoms with E-state index in [1.165, 1.54) is 24.3 Å². The summed E-state index contributed by atoms with van der Waals surface area (Å²) < 4.78 is 38.3. The van der Waals surface area contributed by atoms with E-state index in [2.05, 4.69) is 10.0 Å². The molecule has 0 spiro atoms. The molecule has 0 heterocycles. The van der Waals surface area contributed by atoms with Gasteiger partial charge in [0.25, 0.3) is 15.9 Å². The molecule has 0 unspecified atom stereocenters. The number of carbonyl (C=O) groups is 1. The Morgan fingerprint density at radius 2 is 1.64 bits per heavy atom. The highest BCUT2D eigenvalue weighted by Crippen LogP contribution is 2.24. The van der Waals surface area contributed by atoms with Crippen LogP contribution in [0.1, 0.15) is 24.1 Å². The Morgan fingerprint density at radius 3 is 2.24 bits per heavy atom. The van der Waals surface area contributed by atoms with Crippen LogP contribution in [0.25, 0.3) is 0 Å². The van der Waals surface area contributed by atoms with E-state index in [-0.39, 0.29) is 23.5 Å². The van der Waals surface area contributed by atoms with Gasteiger partial charge in [-0.3, -0.25) is 9.52 Å². The van der Waals surface area contributed by atoms with Gasteiger partial charge in [0.15, 0.2) is 6.61 Å². The number of methoxy groups -OCH3 is 1. The molecule has 3 aromatic rings. The zero-order valence-corrected chi connectivity index (χ0v) is 20.0. The van der Waals surface area contributed by atoms with Crippen LogP contribution in [0.2, 0.25) is 5.02 Å². The monoisotopic (exact) mass is 488 g/mol. The number of carbonyl (C=O) groups excluding carboxylic acids is 1. The van der Waals surface area contributed by atoms with Crippen molar-refractivity contribution in [3.8, 4) is 11.5 Å². The maximum Gasteiger partial charge on any atom is 0.261 e. The highest BCUT2D eigenvalue weighted by atomic mass is 35.5. The smallest absolute Gasteiger partial charge is 0.261 e. The minimum Gasteiger partial charge on any atom is -0.497 e. The number of ether oxygens (including phenoxy) is 2. The van der Waals surface area contributed by atoms with E-state index < -0.39 is 10.0 Å². The van der Waals surface area contributed by atoms with Crippen LogP contribution in [0.4, 0.5) is 5.69 Å². The van der Waals surface area contributed by atoms with Crippen LogP contribution in [-0.2, 0) is 14.8 Å². The van der Waals surface area contributed by atoms with Crippen LogP contribution in [0, 0.1) is 6.92 Å². The average Bonchev–Trinajstić information content (AvgIpc) is 2.80. The summed E-state index contributed by atoms with van der Waals surface area (Å²) in [5, 5.41) is 3.32. The summed E-state index contributed by atoms with van der Waals surface area (Å²) in [7, 11) is -2.20. The second-order valence-electron chi connectivity index (χ2n) is 7.39. The van der Waals surface area contributed by atoms with Gasteiger partial charge < -0.3 is 14.8 Å². The number of hydrogen-bond acceptors (Lipinski definition) is 5. The molecule has 1 amide bonds. The second-order valence-corrected chi connectivity index (χ2v) is 9.48. The molecule has 33 heavy (non-hydrogen) atoms. The Labute approximate surface area is 198 Å². The number of anilines is 1. The Bertz CT molecular complexity index is 1210. The minimum absolute atomic E-state index is 0.0594. The summed E-state index contributed by atoms with van der Waals surface area (Å²) in [6.07, 6.45) is 0. The summed E-state index contributed by atoms with van der Waals surface area (Å²) in [6.45, 7) is 3.50. The SMILES string of the molecule is COc1ccc([C@H](C)NC(=O)COc2ccc(S(=O)(=O)Nc3ccc(C)c(Cl)c3)cc2)cc1. The summed E-state index contributed by atoms with van der Waals surface area (Å²) in [5.74, 6) is 0.816. The third-order valence-corrected chi connectivity index (χ3v) is 6.73. The highest BCUT2D eigenvalue weighted by Gasteiger charge is 2.15. The summed E-state index contributed by atoms with van der Waals surface area (Å²) in [4.78, 5) is 12.3. The van der Waals surface area contributed by atoms with E-state index in [0.717, 1.165) is 16.9 Å². The van der Waals surface area contributed by atoms with Crippen LogP contribution in [0.15, 0.2) is 71.6 Å². The number of sulfonamides is 1. The number of aryl methyl sites for hydroxylation is 1. The summed E-state index contributed by atoms with van der Waals surface area (Å²) in [6, 6.07) is 17.9. The van der Waals surface area contributed by atoms with E-state index in [4.69, 9.17) is 21.1 Å². The van der Waals surface area contributed by atoms with Gasteiger partial charge in [0, 0.05) is 5.02 Å². The summed E-state index contributed by atoms with van der Waals surface area (Å²) >= 11 is 6.06. The summed E-state index contributed by atoms with van der Waals surface area (Å²) in [5.41, 5.74) is 2.15. The molecule has 2 N–H and O–H groups in total. The first-order valence-electron chi connectivity index (χ1n) is 10.1. The van der Waals surface area contributed by atoms with Crippen LogP contribution >= 0.6 is 11.6 Å². The molecule has 0 aliphatic rings. The first-order valence-corrected chi connectivity index (χ1v) is 12.0. The molecular formula is C24H25ClN2O5S. The number of nitrogens with one attached hydrogen (secondary N) is 2. The molecule has 0 radical (unpaired) electrons. The van der Waals surface area contributed by atoms with Gasteiger partial charge in [-0.1, -0.05) is 29.8 Å². The quantitative estimate of drug-likeness (QED) is 0.454. The lowest BCUT2D eigenvalue weighted by Gasteiger charge is -2.15. The lowest BCUT2D eigenvalue weighted by Crippen LogP contribution is -2.31. The number of hydrogen-bond donors (Lipinski definition) is 2. The molecule has 0 aliphatic heterocycles. The van der Waals surface area contributed by atoms with Gasteiger partial charge >= 0.3 is 0 Å². The maximum absolute atomic E-state index is 12.6. The average molecular weight is 489 g/mol. The molecule has 3 aromatic carbocycles. The molecule has 1 atom stereocenters. The molecular weight excluding hydrogens is 464 g/mol. The van der Waals surface area contributed by atoms with Crippen molar-refractivity contribution < 1.29 is 22.7 Å². The molecule has 9 heteroatoms. The van der Waals surface area contributed by atoms with Gasteiger partial charge in [0.1, 0.15) is 11.5 Å². The van der Waals surface area contributed by atoms with Crippen LogP contribution in [0.3, 0.4) is 0 Å².